The molecule has 0 amide bonds. The average Bonchev–Trinajstić information content (AvgIpc) is 3.03. The second-order valence-corrected chi connectivity index (χ2v) is 11.7. The standard InChI is InChI=1S/C12H21BrNSi.C5H5.Fe/c1-6-14(7-2)10-8-9-11(12(10)13)15(3,4)5;1-2-4-5-3-1;/h8-9H,6-7H2,1-5H3;1-5H;/q2*-1;+2. The first kappa shape index (κ1) is 20.7. The molecular formula is C17H26BrFeNSi. The molecule has 2 rings (SSSR count). The maximum Gasteiger partial charge on any atom is 2.00 e. The Hall–Kier alpha value is -0.284. The molecule has 0 saturated carbocycles. The van der Waals surface area contributed by atoms with Crippen molar-refractivity contribution in [3.05, 3.63) is 46.9 Å². The van der Waals surface area contributed by atoms with Crippen LogP contribution in [0.15, 0.2) is 46.9 Å². The smallest absolute Gasteiger partial charge is 0.433 e. The summed E-state index contributed by atoms with van der Waals surface area (Å²) in [5.41, 5.74) is 1.36. The van der Waals surface area contributed by atoms with Crippen molar-refractivity contribution in [1.29, 1.82) is 0 Å². The summed E-state index contributed by atoms with van der Waals surface area (Å²) in [6.07, 6.45) is 0. The summed E-state index contributed by atoms with van der Waals surface area (Å²) in [4.78, 5) is 2.40. The monoisotopic (exact) mass is 407 g/mol. The molecule has 0 aliphatic carbocycles. The van der Waals surface area contributed by atoms with Gasteiger partial charge in [0.15, 0.2) is 0 Å². The van der Waals surface area contributed by atoms with E-state index in [2.05, 4.69) is 66.5 Å². The fourth-order valence-electron chi connectivity index (χ4n) is 2.16. The SMILES string of the molecule is CCN(CC)c1cc[c-]([Si](C)(C)C)c1Br.[Fe+2].c1cc[cH-]c1. The number of nitrogens with zero attached hydrogens (tertiary/aromatic N) is 1. The van der Waals surface area contributed by atoms with Gasteiger partial charge in [0.05, 0.1) is 0 Å². The molecule has 0 spiro atoms. The third kappa shape index (κ3) is 6.15. The fourth-order valence-corrected chi connectivity index (χ4v) is 5.82. The van der Waals surface area contributed by atoms with Crippen molar-refractivity contribution < 1.29 is 17.1 Å². The Bertz CT molecular complexity index is 464. The van der Waals surface area contributed by atoms with Gasteiger partial charge in [-0.3, -0.25) is 0 Å². The van der Waals surface area contributed by atoms with Crippen LogP contribution in [0.3, 0.4) is 0 Å². The van der Waals surface area contributed by atoms with Gasteiger partial charge >= 0.3 is 17.1 Å². The molecule has 0 aliphatic rings. The van der Waals surface area contributed by atoms with Crippen LogP contribution in [0.1, 0.15) is 13.8 Å². The van der Waals surface area contributed by atoms with Crippen LogP contribution >= 0.6 is 15.9 Å². The molecule has 0 fully saturated rings. The van der Waals surface area contributed by atoms with Gasteiger partial charge in [0.1, 0.15) is 0 Å². The van der Waals surface area contributed by atoms with Gasteiger partial charge < -0.3 is 4.90 Å². The Morgan fingerprint density at radius 2 is 1.67 bits per heavy atom. The van der Waals surface area contributed by atoms with Gasteiger partial charge in [0.25, 0.3) is 0 Å². The summed E-state index contributed by atoms with van der Waals surface area (Å²) in [6.45, 7) is 13.7. The van der Waals surface area contributed by atoms with E-state index in [-0.39, 0.29) is 17.1 Å². The molecule has 1 nitrogen and oxygen atoms in total. The van der Waals surface area contributed by atoms with Crippen molar-refractivity contribution >= 4 is 34.9 Å². The van der Waals surface area contributed by atoms with Gasteiger partial charge in [-0.05, 0) is 13.8 Å². The minimum atomic E-state index is -1.20. The van der Waals surface area contributed by atoms with E-state index in [0.29, 0.717) is 0 Å². The van der Waals surface area contributed by atoms with E-state index in [1.807, 2.05) is 30.3 Å². The number of hydrogen-bond acceptors (Lipinski definition) is 1. The van der Waals surface area contributed by atoms with Gasteiger partial charge in [-0.15, -0.1) is 10.9 Å². The van der Waals surface area contributed by atoms with Crippen LogP contribution in [-0.4, -0.2) is 21.2 Å². The molecule has 0 aliphatic heterocycles. The summed E-state index contributed by atoms with van der Waals surface area (Å²) in [7, 11) is -1.20. The van der Waals surface area contributed by atoms with Crippen molar-refractivity contribution in [2.45, 2.75) is 33.5 Å². The van der Waals surface area contributed by atoms with Crippen molar-refractivity contribution in [3.8, 4) is 0 Å². The molecule has 0 heterocycles. The first-order valence-electron chi connectivity index (χ1n) is 7.29. The Labute approximate surface area is 150 Å². The van der Waals surface area contributed by atoms with E-state index < -0.39 is 8.07 Å². The van der Waals surface area contributed by atoms with Crippen molar-refractivity contribution in [2.75, 3.05) is 18.0 Å². The predicted octanol–water partition coefficient (Wildman–Crippen LogP) is 4.96. The van der Waals surface area contributed by atoms with Crippen molar-refractivity contribution in [1.82, 2.24) is 0 Å². The minimum absolute atomic E-state index is 0. The summed E-state index contributed by atoms with van der Waals surface area (Å²) < 4.78 is 1.32. The number of rotatable bonds is 4. The largest absolute Gasteiger partial charge is 2.00 e. The summed E-state index contributed by atoms with van der Waals surface area (Å²) in [5.74, 6) is 0. The fraction of sp³-hybridized carbons (Fsp3) is 0.412. The molecule has 2 aromatic carbocycles. The van der Waals surface area contributed by atoms with Crippen LogP contribution in [0.4, 0.5) is 5.69 Å². The Kier molecular flexibility index (Phi) is 9.55. The Morgan fingerprint density at radius 3 is 1.95 bits per heavy atom. The van der Waals surface area contributed by atoms with Crippen LogP contribution in [0.5, 0.6) is 0 Å². The van der Waals surface area contributed by atoms with E-state index in [9.17, 15) is 0 Å². The maximum absolute atomic E-state index is 3.76. The molecule has 0 N–H and O–H groups in total. The molecular weight excluding hydrogens is 382 g/mol. The molecule has 0 unspecified atom stereocenters. The zero-order valence-corrected chi connectivity index (χ0v) is 17.3. The first-order chi connectivity index (χ1) is 9.41. The molecule has 0 aromatic heterocycles. The van der Waals surface area contributed by atoms with Gasteiger partial charge in [-0.2, -0.15) is 30.3 Å². The van der Waals surface area contributed by atoms with E-state index in [4.69, 9.17) is 0 Å². The molecule has 4 heteroatoms. The summed E-state index contributed by atoms with van der Waals surface area (Å²) in [6, 6.07) is 14.6. The van der Waals surface area contributed by atoms with Crippen molar-refractivity contribution in [2.24, 2.45) is 0 Å². The maximum atomic E-state index is 3.76. The molecule has 0 radical (unpaired) electrons. The van der Waals surface area contributed by atoms with Crippen LogP contribution in [0, 0.1) is 0 Å². The van der Waals surface area contributed by atoms with Crippen LogP contribution in [0.25, 0.3) is 0 Å². The third-order valence-electron chi connectivity index (χ3n) is 3.34. The van der Waals surface area contributed by atoms with Gasteiger partial charge in [0.2, 0.25) is 0 Å². The van der Waals surface area contributed by atoms with E-state index >= 15 is 0 Å². The number of anilines is 1. The summed E-state index contributed by atoms with van der Waals surface area (Å²) >= 11 is 3.76. The topological polar surface area (TPSA) is 3.24 Å². The normalized spacial score (nSPS) is 10.4. The second-order valence-electron chi connectivity index (χ2n) is 5.83. The molecule has 2 aromatic rings. The van der Waals surface area contributed by atoms with E-state index in [0.717, 1.165) is 13.1 Å². The minimum Gasteiger partial charge on any atom is -0.433 e. The Balaban J connectivity index is 0.000000562. The zero-order chi connectivity index (χ0) is 15.2. The van der Waals surface area contributed by atoms with Crippen LogP contribution in [-0.2, 0) is 17.1 Å². The van der Waals surface area contributed by atoms with Gasteiger partial charge in [-0.25, -0.2) is 12.1 Å². The van der Waals surface area contributed by atoms with E-state index in [1.165, 1.54) is 15.3 Å². The van der Waals surface area contributed by atoms with Gasteiger partial charge in [-0.1, -0.05) is 40.0 Å². The van der Waals surface area contributed by atoms with Crippen LogP contribution < -0.4 is 10.1 Å². The molecule has 0 saturated heterocycles. The third-order valence-corrected chi connectivity index (χ3v) is 6.57. The van der Waals surface area contributed by atoms with Crippen LogP contribution in [0.2, 0.25) is 19.6 Å². The molecule has 0 atom stereocenters. The van der Waals surface area contributed by atoms with Crippen molar-refractivity contribution in [3.63, 3.8) is 0 Å². The molecule has 21 heavy (non-hydrogen) atoms. The predicted molar refractivity (Wildman–Crippen MR) is 98.3 cm³/mol. The number of hydrogen-bond donors (Lipinski definition) is 0. The average molecular weight is 408 g/mol. The Morgan fingerprint density at radius 1 is 1.14 bits per heavy atom. The first-order valence-corrected chi connectivity index (χ1v) is 11.6. The summed E-state index contributed by atoms with van der Waals surface area (Å²) in [5, 5.41) is 1.53. The van der Waals surface area contributed by atoms with E-state index in [1.54, 1.807) is 0 Å². The molecule has 0 bridgehead atoms. The van der Waals surface area contributed by atoms with Gasteiger partial charge in [0, 0.05) is 21.2 Å². The zero-order valence-electron chi connectivity index (χ0n) is 13.6. The molecule has 118 valence electrons. The number of halogens is 1. The quantitative estimate of drug-likeness (QED) is 0.511. The second kappa shape index (κ2) is 9.68.